The van der Waals surface area contributed by atoms with Crippen molar-refractivity contribution in [1.29, 1.82) is 0 Å². The molecule has 136 valence electrons. The minimum atomic E-state index is 0.524. The van der Waals surface area contributed by atoms with E-state index in [0.29, 0.717) is 38.3 Å². The van der Waals surface area contributed by atoms with Gasteiger partial charge in [-0.3, -0.25) is 0 Å². The summed E-state index contributed by atoms with van der Waals surface area (Å²) >= 11 is 13.6. The summed E-state index contributed by atoms with van der Waals surface area (Å²) in [7, 11) is 3.16. The third-order valence-corrected chi connectivity index (χ3v) is 5.26. The van der Waals surface area contributed by atoms with Crippen molar-refractivity contribution in [3.63, 3.8) is 0 Å². The first-order chi connectivity index (χ1) is 12.5. The van der Waals surface area contributed by atoms with Crippen LogP contribution in [0.5, 0.6) is 11.5 Å². The molecule has 6 nitrogen and oxygen atoms in total. The molecule has 0 aliphatic carbocycles. The lowest BCUT2D eigenvalue weighted by Gasteiger charge is -2.09. The normalized spacial score (nSPS) is 10.8. The third kappa shape index (κ3) is 3.85. The van der Waals surface area contributed by atoms with Crippen molar-refractivity contribution in [2.24, 2.45) is 0 Å². The van der Waals surface area contributed by atoms with Crippen LogP contribution in [0.25, 0.3) is 11.4 Å². The number of rotatable bonds is 6. The van der Waals surface area contributed by atoms with Gasteiger partial charge in [0.2, 0.25) is 5.16 Å². The van der Waals surface area contributed by atoms with Gasteiger partial charge in [0, 0.05) is 21.4 Å². The number of methoxy groups -OCH3 is 2. The van der Waals surface area contributed by atoms with Crippen molar-refractivity contribution >= 4 is 35.0 Å². The summed E-state index contributed by atoms with van der Waals surface area (Å²) in [6.45, 7) is 0. The molecule has 2 N–H and O–H groups in total. The molecule has 26 heavy (non-hydrogen) atoms. The first kappa shape index (κ1) is 18.7. The molecule has 0 bridgehead atoms. The van der Waals surface area contributed by atoms with Crippen LogP contribution in [0.4, 0.5) is 0 Å². The summed E-state index contributed by atoms with van der Waals surface area (Å²) < 4.78 is 12.0. The molecule has 0 atom stereocenters. The summed E-state index contributed by atoms with van der Waals surface area (Å²) in [6.07, 6.45) is 0. The molecule has 2 aromatic carbocycles. The molecule has 3 aromatic rings. The fourth-order valence-corrected chi connectivity index (χ4v) is 3.74. The lowest BCUT2D eigenvalue weighted by Crippen LogP contribution is -2.11. The average molecular weight is 411 g/mol. The van der Waals surface area contributed by atoms with Gasteiger partial charge in [-0.05, 0) is 35.9 Å². The van der Waals surface area contributed by atoms with E-state index < -0.39 is 0 Å². The van der Waals surface area contributed by atoms with Crippen molar-refractivity contribution in [3.8, 4) is 22.9 Å². The number of benzene rings is 2. The van der Waals surface area contributed by atoms with Crippen LogP contribution < -0.4 is 15.3 Å². The molecule has 0 unspecified atom stereocenters. The first-order valence-electron chi connectivity index (χ1n) is 7.53. The second-order valence-corrected chi connectivity index (χ2v) is 7.06. The first-order valence-corrected chi connectivity index (χ1v) is 9.27. The van der Waals surface area contributed by atoms with Crippen LogP contribution in [0.3, 0.4) is 0 Å². The van der Waals surface area contributed by atoms with E-state index in [4.69, 9.17) is 38.5 Å². The van der Waals surface area contributed by atoms with E-state index in [-0.39, 0.29) is 0 Å². The maximum atomic E-state index is 6.20. The summed E-state index contributed by atoms with van der Waals surface area (Å²) in [4.78, 5) is 0. The highest BCUT2D eigenvalue weighted by molar-refractivity contribution is 7.98. The Morgan fingerprint density at radius 1 is 1.04 bits per heavy atom. The van der Waals surface area contributed by atoms with Crippen LogP contribution >= 0.6 is 35.0 Å². The van der Waals surface area contributed by atoms with Gasteiger partial charge in [-0.2, -0.15) is 0 Å². The minimum absolute atomic E-state index is 0.524. The number of nitrogens with zero attached hydrogens (tertiary/aromatic N) is 3. The molecule has 0 fully saturated rings. The van der Waals surface area contributed by atoms with Crippen molar-refractivity contribution in [2.75, 3.05) is 20.1 Å². The van der Waals surface area contributed by atoms with Crippen molar-refractivity contribution in [1.82, 2.24) is 14.9 Å². The Hall–Kier alpha value is -2.09. The largest absolute Gasteiger partial charge is 0.493 e. The molecule has 9 heteroatoms. The van der Waals surface area contributed by atoms with Gasteiger partial charge in [0.15, 0.2) is 17.3 Å². The average Bonchev–Trinajstić information content (AvgIpc) is 3.01. The summed E-state index contributed by atoms with van der Waals surface area (Å²) in [6, 6.07) is 10.8. The standard InChI is InChI=1S/C17H16Cl2N4O2S/c1-24-14-6-4-10(7-15(14)25-2)16-21-22-17(23(16)20)26-9-11-3-5-12(18)8-13(11)19/h3-8H,9,20H2,1-2H3. The molecule has 0 aliphatic rings. The number of hydrogen-bond donors (Lipinski definition) is 1. The van der Waals surface area contributed by atoms with Gasteiger partial charge in [-0.1, -0.05) is 41.0 Å². The van der Waals surface area contributed by atoms with Crippen LogP contribution in [0.15, 0.2) is 41.6 Å². The van der Waals surface area contributed by atoms with Gasteiger partial charge in [0.1, 0.15) is 0 Å². The molecule has 3 rings (SSSR count). The Morgan fingerprint density at radius 3 is 2.50 bits per heavy atom. The molecule has 0 saturated heterocycles. The Balaban J connectivity index is 1.82. The zero-order chi connectivity index (χ0) is 18.7. The van der Waals surface area contributed by atoms with Crippen LogP contribution in [0, 0.1) is 0 Å². The van der Waals surface area contributed by atoms with Crippen LogP contribution in [0.1, 0.15) is 5.56 Å². The zero-order valence-corrected chi connectivity index (χ0v) is 16.4. The van der Waals surface area contributed by atoms with E-state index in [1.54, 1.807) is 38.5 Å². The Morgan fingerprint density at radius 2 is 1.81 bits per heavy atom. The second kappa shape index (κ2) is 8.07. The van der Waals surface area contributed by atoms with Gasteiger partial charge >= 0.3 is 0 Å². The van der Waals surface area contributed by atoms with E-state index in [0.717, 1.165) is 11.1 Å². The fourth-order valence-electron chi connectivity index (χ4n) is 2.33. The highest BCUT2D eigenvalue weighted by atomic mass is 35.5. The number of thioether (sulfide) groups is 1. The molecule has 0 saturated carbocycles. The number of ether oxygens (including phenoxy) is 2. The highest BCUT2D eigenvalue weighted by Gasteiger charge is 2.15. The van der Waals surface area contributed by atoms with E-state index in [2.05, 4.69) is 10.2 Å². The molecule has 0 spiro atoms. The third-order valence-electron chi connectivity index (χ3n) is 3.68. The van der Waals surface area contributed by atoms with Gasteiger partial charge in [0.05, 0.1) is 14.2 Å². The van der Waals surface area contributed by atoms with E-state index >= 15 is 0 Å². The lowest BCUT2D eigenvalue weighted by atomic mass is 10.2. The Labute approximate surface area is 165 Å². The van der Waals surface area contributed by atoms with Crippen molar-refractivity contribution in [2.45, 2.75) is 10.9 Å². The van der Waals surface area contributed by atoms with Crippen LogP contribution in [-0.4, -0.2) is 29.1 Å². The number of nitrogen functional groups attached to an aromatic ring is 1. The van der Waals surface area contributed by atoms with Gasteiger partial charge in [-0.15, -0.1) is 10.2 Å². The SMILES string of the molecule is COc1ccc(-c2nnc(SCc3ccc(Cl)cc3Cl)n2N)cc1OC. The quantitative estimate of drug-likeness (QED) is 0.482. The van der Waals surface area contributed by atoms with E-state index in [1.807, 2.05) is 12.1 Å². The molecule has 0 aliphatic heterocycles. The van der Waals surface area contributed by atoms with Gasteiger partial charge in [-0.25, -0.2) is 4.68 Å². The molecular formula is C17H16Cl2N4O2S. The number of hydrogen-bond acceptors (Lipinski definition) is 6. The van der Waals surface area contributed by atoms with Crippen LogP contribution in [0.2, 0.25) is 10.0 Å². The predicted octanol–water partition coefficient (Wildman–Crippen LogP) is 4.28. The van der Waals surface area contributed by atoms with Crippen molar-refractivity contribution in [3.05, 3.63) is 52.0 Å². The number of nitrogens with two attached hydrogens (primary N) is 1. The molecule has 0 radical (unpaired) electrons. The predicted molar refractivity (Wildman–Crippen MR) is 105 cm³/mol. The fraction of sp³-hybridized carbons (Fsp3) is 0.176. The molecular weight excluding hydrogens is 395 g/mol. The Bertz CT molecular complexity index is 933. The zero-order valence-electron chi connectivity index (χ0n) is 14.1. The van der Waals surface area contributed by atoms with E-state index in [9.17, 15) is 0 Å². The number of halogens is 2. The summed E-state index contributed by atoms with van der Waals surface area (Å²) in [5.41, 5.74) is 1.71. The van der Waals surface area contributed by atoms with Gasteiger partial charge < -0.3 is 15.3 Å². The monoisotopic (exact) mass is 410 g/mol. The van der Waals surface area contributed by atoms with E-state index in [1.165, 1.54) is 16.4 Å². The summed E-state index contributed by atoms with van der Waals surface area (Å²) in [5.74, 6) is 8.51. The molecule has 1 heterocycles. The van der Waals surface area contributed by atoms with Crippen LogP contribution in [-0.2, 0) is 5.75 Å². The van der Waals surface area contributed by atoms with Gasteiger partial charge in [0.25, 0.3) is 0 Å². The topological polar surface area (TPSA) is 75.2 Å². The summed E-state index contributed by atoms with van der Waals surface area (Å²) in [5, 5.41) is 10.1. The molecule has 1 aromatic heterocycles. The maximum Gasteiger partial charge on any atom is 0.210 e. The smallest absolute Gasteiger partial charge is 0.210 e. The maximum absolute atomic E-state index is 6.20. The highest BCUT2D eigenvalue weighted by Crippen LogP contribution is 2.33. The Kier molecular flexibility index (Phi) is 5.80. The molecule has 0 amide bonds. The second-order valence-electron chi connectivity index (χ2n) is 5.27. The lowest BCUT2D eigenvalue weighted by molar-refractivity contribution is 0.355. The minimum Gasteiger partial charge on any atom is -0.493 e. The number of aromatic nitrogens is 3. The van der Waals surface area contributed by atoms with Crippen molar-refractivity contribution < 1.29 is 9.47 Å².